The molecular formula is C32H42BrN9O3S. The quantitative estimate of drug-likeness (QED) is 0.236. The average molecular weight is 713 g/mol. The first-order valence-corrected chi connectivity index (χ1v) is 18.1. The molecule has 2 aliphatic heterocycles. The van der Waals surface area contributed by atoms with Gasteiger partial charge in [0.05, 0.1) is 28.1 Å². The first-order chi connectivity index (χ1) is 21.9. The summed E-state index contributed by atoms with van der Waals surface area (Å²) in [5, 5.41) is 6.65. The molecule has 3 N–H and O–H groups in total. The Morgan fingerprint density at radius 3 is 2.61 bits per heavy atom. The smallest absolute Gasteiger partial charge is 0.238 e. The fraction of sp³-hybridized carbons (Fsp3) is 0.469. The van der Waals surface area contributed by atoms with Crippen molar-refractivity contribution in [1.29, 1.82) is 0 Å². The van der Waals surface area contributed by atoms with Crippen molar-refractivity contribution in [2.75, 3.05) is 69.2 Å². The Bertz CT molecular complexity index is 1880. The molecule has 0 saturated carbocycles. The molecule has 0 bridgehead atoms. The molecule has 2 aliphatic rings. The normalized spacial score (nSPS) is 18.4. The number of carbonyl (C=O) groups excluding carboxylic acids is 1. The van der Waals surface area contributed by atoms with E-state index in [0.717, 1.165) is 75.7 Å². The summed E-state index contributed by atoms with van der Waals surface area (Å²) in [6, 6.07) is 8.10. The van der Waals surface area contributed by atoms with Crippen LogP contribution in [-0.4, -0.2) is 113 Å². The number of sulfonamides is 1. The number of rotatable bonds is 9. The first kappa shape index (κ1) is 32.6. The molecule has 4 aromatic rings. The van der Waals surface area contributed by atoms with Crippen LogP contribution in [0.3, 0.4) is 0 Å². The molecule has 1 amide bonds. The van der Waals surface area contributed by atoms with Crippen molar-refractivity contribution in [1.82, 2.24) is 33.6 Å². The molecular weight excluding hydrogens is 670 g/mol. The Balaban J connectivity index is 1.25. The SMILES string of the molecule is CCS(=O)(=O)N1CCC(Nc2c(Br)cnc3nc(-c4cc(C)n(-c5cc(NC(=O)CN6CCN(C)CC6)ccc5C)c4C)[nH]c23)C1. The van der Waals surface area contributed by atoms with Gasteiger partial charge in [-0.2, -0.15) is 4.31 Å². The molecule has 2 saturated heterocycles. The zero-order chi connectivity index (χ0) is 32.7. The van der Waals surface area contributed by atoms with Crippen molar-refractivity contribution in [3.63, 3.8) is 0 Å². The van der Waals surface area contributed by atoms with Crippen LogP contribution in [0.2, 0.25) is 0 Å². The van der Waals surface area contributed by atoms with Crippen molar-refractivity contribution in [3.8, 4) is 17.1 Å². The molecule has 0 radical (unpaired) electrons. The number of fused-ring (bicyclic) bond motifs is 1. The van der Waals surface area contributed by atoms with Crippen LogP contribution in [0.1, 0.15) is 30.3 Å². The number of H-pyrrole nitrogens is 1. The van der Waals surface area contributed by atoms with Gasteiger partial charge >= 0.3 is 0 Å². The van der Waals surface area contributed by atoms with Gasteiger partial charge in [-0.1, -0.05) is 6.07 Å². The lowest BCUT2D eigenvalue weighted by atomic mass is 10.1. The monoisotopic (exact) mass is 711 g/mol. The number of anilines is 2. The minimum atomic E-state index is -3.23. The lowest BCUT2D eigenvalue weighted by Gasteiger charge is -2.31. The fourth-order valence-electron chi connectivity index (χ4n) is 6.40. The summed E-state index contributed by atoms with van der Waals surface area (Å²) in [7, 11) is -1.13. The second kappa shape index (κ2) is 13.1. The summed E-state index contributed by atoms with van der Waals surface area (Å²) in [6.07, 6.45) is 2.44. The van der Waals surface area contributed by atoms with Crippen molar-refractivity contribution >= 4 is 54.4 Å². The van der Waals surface area contributed by atoms with Gasteiger partial charge in [0.2, 0.25) is 15.9 Å². The van der Waals surface area contributed by atoms with E-state index in [-0.39, 0.29) is 17.7 Å². The van der Waals surface area contributed by atoms with Gasteiger partial charge in [0.1, 0.15) is 11.3 Å². The van der Waals surface area contributed by atoms with Crippen molar-refractivity contribution in [2.24, 2.45) is 0 Å². The number of benzene rings is 1. The van der Waals surface area contributed by atoms with E-state index in [9.17, 15) is 13.2 Å². The highest BCUT2D eigenvalue weighted by atomic mass is 79.9. The van der Waals surface area contributed by atoms with Gasteiger partial charge in [-0.15, -0.1) is 0 Å². The number of piperazine rings is 1. The topological polar surface area (TPSA) is 131 Å². The molecule has 12 nitrogen and oxygen atoms in total. The van der Waals surface area contributed by atoms with Crippen molar-refractivity contribution < 1.29 is 13.2 Å². The lowest BCUT2D eigenvalue weighted by molar-refractivity contribution is -0.117. The summed E-state index contributed by atoms with van der Waals surface area (Å²) in [4.78, 5) is 30.3. The number of aromatic amines is 1. The van der Waals surface area contributed by atoms with Gasteiger partial charge in [0, 0.05) is 74.1 Å². The molecule has 1 aromatic carbocycles. The van der Waals surface area contributed by atoms with Gasteiger partial charge in [-0.25, -0.2) is 18.4 Å². The number of imidazole rings is 1. The summed E-state index contributed by atoms with van der Waals surface area (Å²) < 4.78 is 29.3. The van der Waals surface area contributed by atoms with Crippen LogP contribution < -0.4 is 10.6 Å². The van der Waals surface area contributed by atoms with Crippen LogP contribution in [-0.2, 0) is 14.8 Å². The Kier molecular flexibility index (Phi) is 9.27. The molecule has 1 atom stereocenters. The highest BCUT2D eigenvalue weighted by Crippen LogP contribution is 2.35. The van der Waals surface area contributed by atoms with E-state index in [2.05, 4.69) is 84.8 Å². The third kappa shape index (κ3) is 6.58. The number of halogens is 1. The molecule has 5 heterocycles. The van der Waals surface area contributed by atoms with Gasteiger partial charge in [-0.3, -0.25) is 9.69 Å². The number of aromatic nitrogens is 4. The predicted octanol–water partition coefficient (Wildman–Crippen LogP) is 4.13. The minimum absolute atomic E-state index is 0.0105. The first-order valence-electron chi connectivity index (χ1n) is 15.7. The summed E-state index contributed by atoms with van der Waals surface area (Å²) in [5.41, 5.74) is 7.97. The Labute approximate surface area is 278 Å². The van der Waals surface area contributed by atoms with E-state index in [1.165, 1.54) is 0 Å². The predicted molar refractivity (Wildman–Crippen MR) is 186 cm³/mol. The Morgan fingerprint density at radius 1 is 1.11 bits per heavy atom. The zero-order valence-corrected chi connectivity index (χ0v) is 29.4. The Hall–Kier alpha value is -3.30. The number of carbonyl (C=O) groups is 1. The standard InChI is InChI=1S/C32H42BrN9O3S/c1-6-46(44,45)41-10-9-24(18-41)36-29-26(33)17-34-32-30(29)37-31(38-32)25-15-21(3)42(22(25)4)27-16-23(8-7-20(27)2)35-28(43)19-40-13-11-39(5)12-14-40/h7-8,15-17,24H,6,9-14,18-19H2,1-5H3,(H,35,43)(H2,34,36,37,38). The fourth-order valence-corrected chi connectivity index (χ4v) is 7.97. The zero-order valence-electron chi connectivity index (χ0n) is 27.0. The average Bonchev–Trinajstić information content (AvgIpc) is 3.74. The molecule has 1 unspecified atom stereocenters. The number of nitrogens with zero attached hydrogens (tertiary/aromatic N) is 6. The second-order valence-corrected chi connectivity index (χ2v) is 15.5. The van der Waals surface area contributed by atoms with E-state index in [1.54, 1.807) is 17.4 Å². The van der Waals surface area contributed by atoms with Crippen LogP contribution in [0.25, 0.3) is 28.2 Å². The summed E-state index contributed by atoms with van der Waals surface area (Å²) >= 11 is 3.64. The second-order valence-electron chi connectivity index (χ2n) is 12.4. The molecule has 0 aliphatic carbocycles. The van der Waals surface area contributed by atoms with Crippen LogP contribution in [0.15, 0.2) is 34.9 Å². The van der Waals surface area contributed by atoms with Crippen LogP contribution in [0, 0.1) is 20.8 Å². The highest BCUT2D eigenvalue weighted by molar-refractivity contribution is 9.10. The van der Waals surface area contributed by atoms with Gasteiger partial charge in [0.15, 0.2) is 5.65 Å². The number of likely N-dealkylation sites (N-methyl/N-ethyl adjacent to an activating group) is 1. The van der Waals surface area contributed by atoms with E-state index in [4.69, 9.17) is 4.98 Å². The number of hydrogen-bond donors (Lipinski definition) is 3. The van der Waals surface area contributed by atoms with Gasteiger partial charge in [0.25, 0.3) is 0 Å². The van der Waals surface area contributed by atoms with E-state index >= 15 is 0 Å². The third-order valence-electron chi connectivity index (χ3n) is 9.11. The van der Waals surface area contributed by atoms with Crippen LogP contribution >= 0.6 is 15.9 Å². The van der Waals surface area contributed by atoms with Crippen molar-refractivity contribution in [3.05, 3.63) is 51.9 Å². The van der Waals surface area contributed by atoms with Crippen LogP contribution in [0.4, 0.5) is 11.4 Å². The molecule has 6 rings (SSSR count). The number of hydrogen-bond acceptors (Lipinski definition) is 8. The Morgan fingerprint density at radius 2 is 1.87 bits per heavy atom. The summed E-state index contributed by atoms with van der Waals surface area (Å²) in [5.74, 6) is 0.781. The molecule has 0 spiro atoms. The third-order valence-corrected chi connectivity index (χ3v) is 11.6. The molecule has 14 heteroatoms. The largest absolute Gasteiger partial charge is 0.378 e. The number of pyridine rings is 1. The maximum atomic E-state index is 12.9. The van der Waals surface area contributed by atoms with E-state index in [1.807, 2.05) is 18.2 Å². The molecule has 246 valence electrons. The molecule has 2 fully saturated rings. The van der Waals surface area contributed by atoms with E-state index < -0.39 is 10.0 Å². The van der Waals surface area contributed by atoms with Gasteiger partial charge in [-0.05, 0) is 80.9 Å². The number of nitrogens with one attached hydrogen (secondary N) is 3. The molecule has 3 aromatic heterocycles. The van der Waals surface area contributed by atoms with Gasteiger partial charge < -0.3 is 25.1 Å². The molecule has 46 heavy (non-hydrogen) atoms. The summed E-state index contributed by atoms with van der Waals surface area (Å²) in [6.45, 7) is 12.9. The van der Waals surface area contributed by atoms with Crippen LogP contribution in [0.5, 0.6) is 0 Å². The van der Waals surface area contributed by atoms with Crippen molar-refractivity contribution in [2.45, 2.75) is 40.2 Å². The number of aryl methyl sites for hydroxylation is 2. The number of amides is 1. The highest BCUT2D eigenvalue weighted by Gasteiger charge is 2.31. The van der Waals surface area contributed by atoms with E-state index in [0.29, 0.717) is 37.5 Å². The maximum absolute atomic E-state index is 12.9. The lowest BCUT2D eigenvalue weighted by Crippen LogP contribution is -2.47. The minimum Gasteiger partial charge on any atom is -0.378 e. The maximum Gasteiger partial charge on any atom is 0.238 e.